The number of ether oxygens (including phenoxy) is 2. The molecule has 3 aromatic rings. The fourth-order valence-electron chi connectivity index (χ4n) is 2.60. The highest BCUT2D eigenvalue weighted by atomic mass is 32.2. The number of hydrogen-bond donors (Lipinski definition) is 1. The van der Waals surface area contributed by atoms with Gasteiger partial charge in [0.05, 0.1) is 20.0 Å². The Bertz CT molecular complexity index is 941. The Morgan fingerprint density at radius 1 is 1.07 bits per heavy atom. The number of aromatic nitrogens is 3. The lowest BCUT2D eigenvalue weighted by Crippen LogP contribution is -2.24. The molecule has 0 unspecified atom stereocenters. The monoisotopic (exact) mass is 398 g/mol. The quantitative estimate of drug-likeness (QED) is 0.588. The van der Waals surface area contributed by atoms with Crippen LogP contribution in [0.4, 0.5) is 0 Å². The van der Waals surface area contributed by atoms with Crippen molar-refractivity contribution in [1.29, 1.82) is 0 Å². The number of nitrogens with zero attached hydrogens (tertiary/aromatic N) is 3. The van der Waals surface area contributed by atoms with Crippen LogP contribution in [0, 0.1) is 0 Å². The Labute approximate surface area is 168 Å². The zero-order valence-corrected chi connectivity index (χ0v) is 16.8. The van der Waals surface area contributed by atoms with Crippen molar-refractivity contribution in [2.45, 2.75) is 11.7 Å². The Balaban J connectivity index is 1.55. The maximum atomic E-state index is 12.2. The number of thioether (sulfide) groups is 1. The van der Waals surface area contributed by atoms with E-state index in [2.05, 4.69) is 15.5 Å². The molecule has 3 rings (SSSR count). The number of amides is 1. The Morgan fingerprint density at radius 3 is 2.54 bits per heavy atom. The van der Waals surface area contributed by atoms with E-state index in [1.165, 1.54) is 11.8 Å². The number of carbonyl (C=O) groups excluding carboxylic acids is 1. The maximum absolute atomic E-state index is 12.2. The number of rotatable bonds is 8. The van der Waals surface area contributed by atoms with Crippen LogP contribution < -0.4 is 14.8 Å². The molecular formula is C20H22N4O3S. The molecule has 8 heteroatoms. The molecule has 28 heavy (non-hydrogen) atoms. The molecule has 1 amide bonds. The van der Waals surface area contributed by atoms with Crippen molar-refractivity contribution in [3.05, 3.63) is 54.1 Å². The second kappa shape index (κ2) is 9.27. The first kappa shape index (κ1) is 19.8. The Kier molecular flexibility index (Phi) is 6.54. The second-order valence-corrected chi connectivity index (χ2v) is 6.95. The van der Waals surface area contributed by atoms with Crippen molar-refractivity contribution in [1.82, 2.24) is 20.1 Å². The van der Waals surface area contributed by atoms with Crippen molar-refractivity contribution in [3.63, 3.8) is 0 Å². The van der Waals surface area contributed by atoms with Gasteiger partial charge in [-0.15, -0.1) is 10.2 Å². The van der Waals surface area contributed by atoms with Crippen LogP contribution >= 0.6 is 11.8 Å². The minimum atomic E-state index is -0.0678. The largest absolute Gasteiger partial charge is 0.497 e. The summed E-state index contributed by atoms with van der Waals surface area (Å²) in [5.74, 6) is 2.49. The van der Waals surface area contributed by atoms with Gasteiger partial charge in [-0.1, -0.05) is 23.9 Å². The molecule has 0 fully saturated rings. The topological polar surface area (TPSA) is 78.3 Å². The average Bonchev–Trinajstić information content (AvgIpc) is 3.11. The van der Waals surface area contributed by atoms with Gasteiger partial charge in [0, 0.05) is 19.2 Å². The van der Waals surface area contributed by atoms with Gasteiger partial charge in [-0.3, -0.25) is 4.79 Å². The number of nitrogens with one attached hydrogen (secondary N) is 1. The zero-order chi connectivity index (χ0) is 19.9. The summed E-state index contributed by atoms with van der Waals surface area (Å²) in [5, 5.41) is 12.0. The van der Waals surface area contributed by atoms with Gasteiger partial charge >= 0.3 is 0 Å². The van der Waals surface area contributed by atoms with Gasteiger partial charge in [-0.05, 0) is 42.0 Å². The van der Waals surface area contributed by atoms with Crippen LogP contribution in [0.2, 0.25) is 0 Å². The van der Waals surface area contributed by atoms with Crippen molar-refractivity contribution in [2.75, 3.05) is 20.0 Å². The van der Waals surface area contributed by atoms with Crippen molar-refractivity contribution in [2.24, 2.45) is 7.05 Å². The first-order valence-electron chi connectivity index (χ1n) is 8.67. The fraction of sp³-hybridized carbons (Fsp3) is 0.250. The molecule has 1 heterocycles. The summed E-state index contributed by atoms with van der Waals surface area (Å²) in [4.78, 5) is 12.2. The lowest BCUT2D eigenvalue weighted by atomic mass is 10.2. The smallest absolute Gasteiger partial charge is 0.230 e. The zero-order valence-electron chi connectivity index (χ0n) is 16.0. The SMILES string of the molecule is COc1ccc(-c2nnc(SCC(=O)NCc3cccc(OC)c3)n2C)cc1. The van der Waals surface area contributed by atoms with Gasteiger partial charge in [0.1, 0.15) is 11.5 Å². The standard InChI is InChI=1S/C20H22N4O3S/c1-24-19(15-7-9-16(26-2)10-8-15)22-23-20(24)28-13-18(25)21-12-14-5-4-6-17(11-14)27-3/h4-11H,12-13H2,1-3H3,(H,21,25). The first-order valence-corrected chi connectivity index (χ1v) is 9.65. The summed E-state index contributed by atoms with van der Waals surface area (Å²) in [6.45, 7) is 0.451. The summed E-state index contributed by atoms with van der Waals surface area (Å²) in [5.41, 5.74) is 1.92. The molecule has 1 aromatic heterocycles. The highest BCUT2D eigenvalue weighted by Crippen LogP contribution is 2.24. The van der Waals surface area contributed by atoms with E-state index in [-0.39, 0.29) is 11.7 Å². The molecule has 0 saturated carbocycles. The van der Waals surface area contributed by atoms with Crippen LogP contribution in [0.15, 0.2) is 53.7 Å². The van der Waals surface area contributed by atoms with Gasteiger partial charge < -0.3 is 19.4 Å². The van der Waals surface area contributed by atoms with Crippen LogP contribution in [0.1, 0.15) is 5.56 Å². The predicted octanol–water partition coefficient (Wildman–Crippen LogP) is 2.91. The minimum absolute atomic E-state index is 0.0678. The Hall–Kier alpha value is -3.00. The van der Waals surface area contributed by atoms with E-state index in [0.29, 0.717) is 11.7 Å². The van der Waals surface area contributed by atoms with Crippen molar-refractivity contribution < 1.29 is 14.3 Å². The average molecular weight is 398 g/mol. The normalized spacial score (nSPS) is 10.5. The summed E-state index contributed by atoms with van der Waals surface area (Å²) < 4.78 is 12.2. The summed E-state index contributed by atoms with van der Waals surface area (Å²) in [7, 11) is 5.14. The lowest BCUT2D eigenvalue weighted by molar-refractivity contribution is -0.118. The van der Waals surface area contributed by atoms with Crippen LogP contribution in [-0.2, 0) is 18.4 Å². The molecule has 146 valence electrons. The molecule has 1 N–H and O–H groups in total. The second-order valence-electron chi connectivity index (χ2n) is 6.01. The third-order valence-electron chi connectivity index (χ3n) is 4.14. The summed E-state index contributed by atoms with van der Waals surface area (Å²) in [6, 6.07) is 15.2. The van der Waals surface area contributed by atoms with E-state index in [1.54, 1.807) is 14.2 Å². The van der Waals surface area contributed by atoms with E-state index in [0.717, 1.165) is 28.5 Å². The van der Waals surface area contributed by atoms with Gasteiger partial charge in [0.15, 0.2) is 11.0 Å². The summed E-state index contributed by atoms with van der Waals surface area (Å²) >= 11 is 1.35. The molecule has 2 aromatic carbocycles. The van der Waals surface area contributed by atoms with Gasteiger partial charge in [0.25, 0.3) is 0 Å². The molecule has 0 aliphatic carbocycles. The van der Waals surface area contributed by atoms with E-state index in [4.69, 9.17) is 9.47 Å². The minimum Gasteiger partial charge on any atom is -0.497 e. The first-order chi connectivity index (χ1) is 13.6. The molecule has 0 atom stereocenters. The highest BCUT2D eigenvalue weighted by molar-refractivity contribution is 7.99. The fourth-order valence-corrected chi connectivity index (χ4v) is 3.34. The summed E-state index contributed by atoms with van der Waals surface area (Å²) in [6.07, 6.45) is 0. The van der Waals surface area contributed by atoms with E-state index >= 15 is 0 Å². The van der Waals surface area contributed by atoms with Crippen LogP contribution in [-0.4, -0.2) is 40.6 Å². The third kappa shape index (κ3) is 4.83. The predicted molar refractivity (Wildman–Crippen MR) is 109 cm³/mol. The van der Waals surface area contributed by atoms with Crippen molar-refractivity contribution >= 4 is 17.7 Å². The molecule has 7 nitrogen and oxygen atoms in total. The number of methoxy groups -OCH3 is 2. The molecule has 0 aliphatic rings. The molecular weight excluding hydrogens is 376 g/mol. The van der Waals surface area contributed by atoms with Crippen LogP contribution in [0.5, 0.6) is 11.5 Å². The Morgan fingerprint density at radius 2 is 1.82 bits per heavy atom. The molecule has 0 bridgehead atoms. The number of benzene rings is 2. The molecule has 0 saturated heterocycles. The molecule has 0 spiro atoms. The lowest BCUT2D eigenvalue weighted by Gasteiger charge is -2.07. The number of hydrogen-bond acceptors (Lipinski definition) is 6. The van der Waals surface area contributed by atoms with Crippen molar-refractivity contribution in [3.8, 4) is 22.9 Å². The van der Waals surface area contributed by atoms with Gasteiger partial charge in [-0.2, -0.15) is 0 Å². The van der Waals surface area contributed by atoms with Gasteiger partial charge in [-0.25, -0.2) is 0 Å². The van der Waals surface area contributed by atoms with Crippen LogP contribution in [0.25, 0.3) is 11.4 Å². The van der Waals surface area contributed by atoms with Gasteiger partial charge in [0.2, 0.25) is 5.91 Å². The maximum Gasteiger partial charge on any atom is 0.230 e. The number of carbonyl (C=O) groups is 1. The van der Waals surface area contributed by atoms with E-state index in [9.17, 15) is 4.79 Å². The van der Waals surface area contributed by atoms with E-state index in [1.807, 2.05) is 60.1 Å². The molecule has 0 aliphatic heterocycles. The third-order valence-corrected chi connectivity index (χ3v) is 5.16. The highest BCUT2D eigenvalue weighted by Gasteiger charge is 2.13. The van der Waals surface area contributed by atoms with E-state index < -0.39 is 0 Å². The van der Waals surface area contributed by atoms with Crippen LogP contribution in [0.3, 0.4) is 0 Å². The molecule has 0 radical (unpaired) electrons.